The van der Waals surface area contributed by atoms with Gasteiger partial charge in [0.1, 0.15) is 5.82 Å². The van der Waals surface area contributed by atoms with E-state index in [4.69, 9.17) is 23.8 Å². The minimum Gasteiger partial charge on any atom is -0.331 e. The van der Waals surface area contributed by atoms with E-state index in [1.807, 2.05) is 0 Å². The highest BCUT2D eigenvalue weighted by molar-refractivity contribution is 7.80. The molecular weight excluding hydrogens is 441 g/mol. The molecule has 3 aromatic rings. The van der Waals surface area contributed by atoms with Crippen LogP contribution in [-0.4, -0.2) is 22.8 Å². The fourth-order valence-electron chi connectivity index (χ4n) is 3.13. The van der Waals surface area contributed by atoms with E-state index in [0.29, 0.717) is 22.5 Å². The van der Waals surface area contributed by atoms with E-state index in [1.54, 1.807) is 24.3 Å². The number of anilines is 2. The Hall–Kier alpha value is -3.62. The molecule has 4 rings (SSSR count). The number of rotatable bonds is 3. The van der Waals surface area contributed by atoms with E-state index in [-0.39, 0.29) is 15.7 Å². The van der Waals surface area contributed by atoms with Crippen LogP contribution in [0.1, 0.15) is 31.1 Å². The Bertz CT molecular complexity index is 1230. The molecular formula is C22H13ClFN3O3S. The molecule has 6 nitrogen and oxygen atoms in total. The van der Waals surface area contributed by atoms with Gasteiger partial charge >= 0.3 is 0 Å². The van der Waals surface area contributed by atoms with Gasteiger partial charge in [0.05, 0.1) is 27.5 Å². The summed E-state index contributed by atoms with van der Waals surface area (Å²) < 4.78 is 13.3. The van der Waals surface area contributed by atoms with Crippen molar-refractivity contribution in [1.82, 2.24) is 5.32 Å². The molecule has 0 aliphatic carbocycles. The second kappa shape index (κ2) is 8.25. The average molecular weight is 454 g/mol. The lowest BCUT2D eigenvalue weighted by molar-refractivity contribution is 0.0923. The van der Waals surface area contributed by atoms with Gasteiger partial charge in [0.15, 0.2) is 5.11 Å². The molecule has 3 aromatic carbocycles. The molecule has 3 amide bonds. The van der Waals surface area contributed by atoms with Crippen molar-refractivity contribution in [3.63, 3.8) is 0 Å². The Morgan fingerprint density at radius 1 is 0.935 bits per heavy atom. The fraction of sp³-hybridized carbons (Fsp3) is 0. The summed E-state index contributed by atoms with van der Waals surface area (Å²) in [5, 5.41) is 5.33. The van der Waals surface area contributed by atoms with Gasteiger partial charge < -0.3 is 5.32 Å². The maximum Gasteiger partial charge on any atom is 0.266 e. The number of nitrogens with one attached hydrogen (secondary N) is 2. The van der Waals surface area contributed by atoms with Gasteiger partial charge in [-0.2, -0.15) is 0 Å². The monoisotopic (exact) mass is 453 g/mol. The maximum atomic E-state index is 13.3. The summed E-state index contributed by atoms with van der Waals surface area (Å²) in [6.07, 6.45) is 0. The first kappa shape index (κ1) is 20.6. The van der Waals surface area contributed by atoms with Crippen molar-refractivity contribution in [3.05, 3.63) is 94.3 Å². The van der Waals surface area contributed by atoms with Gasteiger partial charge in [-0.05, 0) is 60.7 Å². The smallest absolute Gasteiger partial charge is 0.266 e. The summed E-state index contributed by atoms with van der Waals surface area (Å²) in [5.41, 5.74) is 1.42. The van der Waals surface area contributed by atoms with Crippen molar-refractivity contribution in [1.29, 1.82) is 0 Å². The number of carbonyl (C=O) groups excluding carboxylic acids is 3. The van der Waals surface area contributed by atoms with Gasteiger partial charge in [0.2, 0.25) is 0 Å². The van der Waals surface area contributed by atoms with Gasteiger partial charge in [-0.15, -0.1) is 0 Å². The first-order valence-electron chi connectivity index (χ1n) is 9.00. The Labute approximate surface area is 186 Å². The predicted molar refractivity (Wildman–Crippen MR) is 119 cm³/mol. The van der Waals surface area contributed by atoms with Crippen molar-refractivity contribution in [3.8, 4) is 0 Å². The lowest BCUT2D eigenvalue weighted by atomic mass is 10.1. The first-order valence-corrected chi connectivity index (χ1v) is 9.79. The van der Waals surface area contributed by atoms with Crippen LogP contribution in [-0.2, 0) is 0 Å². The van der Waals surface area contributed by atoms with Crippen molar-refractivity contribution < 1.29 is 18.8 Å². The molecule has 9 heteroatoms. The topological polar surface area (TPSA) is 78.5 Å². The Morgan fingerprint density at radius 3 is 2.23 bits per heavy atom. The Balaban J connectivity index is 1.48. The minimum absolute atomic E-state index is 0.0513. The number of carbonyl (C=O) groups is 3. The van der Waals surface area contributed by atoms with Crippen LogP contribution < -0.4 is 15.5 Å². The van der Waals surface area contributed by atoms with Crippen molar-refractivity contribution >= 4 is 58.0 Å². The predicted octanol–water partition coefficient (Wildman–Crippen LogP) is 4.41. The number of halogens is 2. The molecule has 0 spiro atoms. The highest BCUT2D eigenvalue weighted by atomic mass is 35.5. The number of imide groups is 1. The molecule has 2 N–H and O–H groups in total. The number of fused-ring (bicyclic) bond motifs is 1. The highest BCUT2D eigenvalue weighted by Gasteiger charge is 2.36. The lowest BCUT2D eigenvalue weighted by Crippen LogP contribution is -2.34. The summed E-state index contributed by atoms with van der Waals surface area (Å²) in [5.74, 6) is -2.00. The number of amides is 3. The van der Waals surface area contributed by atoms with Crippen molar-refractivity contribution in [2.75, 3.05) is 10.2 Å². The summed E-state index contributed by atoms with van der Waals surface area (Å²) >= 11 is 11.4. The van der Waals surface area contributed by atoms with Crippen LogP contribution >= 0.6 is 23.8 Å². The van der Waals surface area contributed by atoms with Gasteiger partial charge in [-0.1, -0.05) is 29.8 Å². The summed E-state index contributed by atoms with van der Waals surface area (Å²) in [6, 6.07) is 16.2. The van der Waals surface area contributed by atoms with Crippen LogP contribution in [0.15, 0.2) is 66.7 Å². The SMILES string of the molecule is O=C(NC(=S)Nc1ccc(N2C(=O)c3ccccc3C2=O)cc1Cl)c1cccc(F)c1. The van der Waals surface area contributed by atoms with Crippen LogP contribution in [0.5, 0.6) is 0 Å². The normalized spacial score (nSPS) is 12.5. The molecule has 0 fully saturated rings. The molecule has 1 heterocycles. The quantitative estimate of drug-likeness (QED) is 0.454. The Kier molecular flexibility index (Phi) is 5.50. The third-order valence-corrected chi connectivity index (χ3v) is 5.08. The molecule has 154 valence electrons. The van der Waals surface area contributed by atoms with Crippen LogP contribution in [0.4, 0.5) is 15.8 Å². The number of nitrogens with zero attached hydrogens (tertiary/aromatic N) is 1. The van der Waals surface area contributed by atoms with Crippen LogP contribution in [0.2, 0.25) is 5.02 Å². The van der Waals surface area contributed by atoms with E-state index in [1.165, 1.54) is 36.4 Å². The molecule has 1 aliphatic heterocycles. The molecule has 31 heavy (non-hydrogen) atoms. The lowest BCUT2D eigenvalue weighted by Gasteiger charge is -2.16. The zero-order chi connectivity index (χ0) is 22.1. The van der Waals surface area contributed by atoms with E-state index in [0.717, 1.165) is 11.0 Å². The molecule has 1 aliphatic rings. The minimum atomic E-state index is -0.587. The van der Waals surface area contributed by atoms with Gasteiger partial charge in [-0.25, -0.2) is 9.29 Å². The first-order chi connectivity index (χ1) is 14.8. The molecule has 0 unspecified atom stereocenters. The van der Waals surface area contributed by atoms with E-state index in [2.05, 4.69) is 10.6 Å². The number of hydrogen-bond acceptors (Lipinski definition) is 4. The molecule has 0 bridgehead atoms. The Morgan fingerprint density at radius 2 is 1.61 bits per heavy atom. The number of benzene rings is 3. The molecule has 0 aromatic heterocycles. The summed E-state index contributed by atoms with van der Waals surface area (Å²) in [6.45, 7) is 0. The molecule has 0 saturated heterocycles. The van der Waals surface area contributed by atoms with Gasteiger partial charge in [-0.3, -0.25) is 19.7 Å². The van der Waals surface area contributed by atoms with E-state index in [9.17, 15) is 18.8 Å². The second-order valence-electron chi connectivity index (χ2n) is 6.57. The highest BCUT2D eigenvalue weighted by Crippen LogP contribution is 2.32. The molecule has 0 radical (unpaired) electrons. The molecule has 0 atom stereocenters. The third-order valence-electron chi connectivity index (χ3n) is 4.57. The maximum absolute atomic E-state index is 13.3. The van der Waals surface area contributed by atoms with E-state index >= 15 is 0 Å². The third kappa shape index (κ3) is 4.03. The number of thiocarbonyl (C=S) groups is 1. The fourth-order valence-corrected chi connectivity index (χ4v) is 3.55. The largest absolute Gasteiger partial charge is 0.331 e. The van der Waals surface area contributed by atoms with E-state index < -0.39 is 23.5 Å². The second-order valence-corrected chi connectivity index (χ2v) is 7.39. The van der Waals surface area contributed by atoms with Crippen LogP contribution in [0, 0.1) is 5.82 Å². The zero-order valence-electron chi connectivity index (χ0n) is 15.7. The van der Waals surface area contributed by atoms with Gasteiger partial charge in [0, 0.05) is 5.56 Å². The van der Waals surface area contributed by atoms with Crippen LogP contribution in [0.25, 0.3) is 0 Å². The van der Waals surface area contributed by atoms with Crippen LogP contribution in [0.3, 0.4) is 0 Å². The standard InChI is InChI=1S/C22H13ClFN3O3S/c23-17-11-14(27-20(29)15-6-1-2-7-16(15)21(27)30)8-9-18(17)25-22(31)26-19(28)12-4-3-5-13(24)10-12/h1-11H,(H2,25,26,28,31). The average Bonchev–Trinajstić information content (AvgIpc) is 3.00. The van der Waals surface area contributed by atoms with Gasteiger partial charge in [0.25, 0.3) is 17.7 Å². The summed E-state index contributed by atoms with van der Waals surface area (Å²) in [4.78, 5) is 38.4. The summed E-state index contributed by atoms with van der Waals surface area (Å²) in [7, 11) is 0. The van der Waals surface area contributed by atoms with Crippen molar-refractivity contribution in [2.45, 2.75) is 0 Å². The van der Waals surface area contributed by atoms with Crippen molar-refractivity contribution in [2.24, 2.45) is 0 Å². The molecule has 0 saturated carbocycles. The zero-order valence-corrected chi connectivity index (χ0v) is 17.3. The number of hydrogen-bond donors (Lipinski definition) is 2.